The van der Waals surface area contributed by atoms with Crippen molar-refractivity contribution in [1.82, 2.24) is 4.98 Å². The molecule has 1 rings (SSSR count). The van der Waals surface area contributed by atoms with Crippen LogP contribution in [0.3, 0.4) is 0 Å². The maximum Gasteiger partial charge on any atom is 0.344 e. The number of esters is 1. The fourth-order valence-corrected chi connectivity index (χ4v) is 0.701. The van der Waals surface area contributed by atoms with E-state index >= 15 is 0 Å². The van der Waals surface area contributed by atoms with E-state index in [-0.39, 0.29) is 0 Å². The maximum absolute atomic E-state index is 11.1. The lowest BCUT2D eigenvalue weighted by Gasteiger charge is -2.00. The fraction of sp³-hybridized carbons (Fsp3) is 0.111. The van der Waals surface area contributed by atoms with Crippen molar-refractivity contribution in [3.63, 3.8) is 0 Å². The zero-order chi connectivity index (χ0) is 8.97. The van der Waals surface area contributed by atoms with Crippen molar-refractivity contribution in [3.8, 4) is 0 Å². The predicted molar refractivity (Wildman–Crippen MR) is 44.5 cm³/mol. The molecule has 62 valence electrons. The molecule has 1 aromatic rings. The van der Waals surface area contributed by atoms with Crippen molar-refractivity contribution in [2.75, 3.05) is 0 Å². The first-order chi connectivity index (χ1) is 5.70. The van der Waals surface area contributed by atoms with E-state index in [9.17, 15) is 4.79 Å². The highest BCUT2D eigenvalue weighted by Crippen LogP contribution is 2.01. The average molecular weight is 163 g/mol. The number of carbonyl (C=O) groups is 1. The first-order valence-electron chi connectivity index (χ1n) is 3.48. The van der Waals surface area contributed by atoms with Crippen molar-refractivity contribution in [2.24, 2.45) is 0 Å². The summed E-state index contributed by atoms with van der Waals surface area (Å²) in [5, 5.41) is 0. The highest BCUT2D eigenvalue weighted by Gasteiger charge is 2.05. The molecule has 12 heavy (non-hydrogen) atoms. The Morgan fingerprint density at radius 1 is 1.67 bits per heavy atom. The largest absolute Gasteiger partial charge is 0.428 e. The van der Waals surface area contributed by atoms with Gasteiger partial charge < -0.3 is 4.74 Å². The van der Waals surface area contributed by atoms with Gasteiger partial charge in [-0.1, -0.05) is 6.58 Å². The standard InChI is InChI=1S/C9H9NO2/c1-7(2)12-9(11)8-4-3-5-10-6-8/h3-6H,1H2,2H3. The van der Waals surface area contributed by atoms with Gasteiger partial charge in [0.25, 0.3) is 0 Å². The number of rotatable bonds is 2. The second-order valence-electron chi connectivity index (χ2n) is 2.33. The second-order valence-corrected chi connectivity index (χ2v) is 2.33. The molecule has 0 amide bonds. The molecule has 3 heteroatoms. The van der Waals surface area contributed by atoms with Crippen molar-refractivity contribution >= 4 is 5.97 Å². The number of pyridine rings is 1. The molecule has 0 aliphatic carbocycles. The Labute approximate surface area is 70.7 Å². The average Bonchev–Trinajstić information content (AvgIpc) is 2.05. The van der Waals surface area contributed by atoms with Gasteiger partial charge in [-0.15, -0.1) is 0 Å². The lowest BCUT2D eigenvalue weighted by molar-refractivity contribution is 0.0627. The molecular weight excluding hydrogens is 154 g/mol. The van der Waals surface area contributed by atoms with Gasteiger partial charge in [-0.05, 0) is 19.1 Å². The molecule has 0 aromatic carbocycles. The molecule has 1 heterocycles. The quantitative estimate of drug-likeness (QED) is 0.492. The van der Waals surface area contributed by atoms with Crippen LogP contribution in [-0.2, 0) is 4.74 Å². The first kappa shape index (κ1) is 8.46. The van der Waals surface area contributed by atoms with E-state index in [0.717, 1.165) is 0 Å². The van der Waals surface area contributed by atoms with Crippen molar-refractivity contribution in [1.29, 1.82) is 0 Å². The molecule has 0 atom stereocenters. The van der Waals surface area contributed by atoms with E-state index in [1.807, 2.05) is 0 Å². The summed E-state index contributed by atoms with van der Waals surface area (Å²) in [7, 11) is 0. The molecule has 0 bridgehead atoms. The van der Waals surface area contributed by atoms with Gasteiger partial charge in [-0.2, -0.15) is 0 Å². The monoisotopic (exact) mass is 163 g/mol. The third kappa shape index (κ3) is 2.20. The zero-order valence-electron chi connectivity index (χ0n) is 6.78. The summed E-state index contributed by atoms with van der Waals surface area (Å²) in [4.78, 5) is 14.9. The highest BCUT2D eigenvalue weighted by molar-refractivity contribution is 5.89. The van der Waals surface area contributed by atoms with Crippen LogP contribution >= 0.6 is 0 Å². The second kappa shape index (κ2) is 3.67. The minimum atomic E-state index is -0.421. The van der Waals surface area contributed by atoms with Crippen LogP contribution in [-0.4, -0.2) is 11.0 Å². The smallest absolute Gasteiger partial charge is 0.344 e. The molecule has 1 aromatic heterocycles. The third-order valence-corrected chi connectivity index (χ3v) is 1.16. The van der Waals surface area contributed by atoms with E-state index in [4.69, 9.17) is 4.74 Å². The Balaban J connectivity index is 2.73. The van der Waals surface area contributed by atoms with Gasteiger partial charge >= 0.3 is 5.97 Å². The lowest BCUT2D eigenvalue weighted by Crippen LogP contribution is -2.02. The molecule has 3 nitrogen and oxygen atoms in total. The summed E-state index contributed by atoms with van der Waals surface area (Å²) in [6.45, 7) is 5.08. The number of allylic oxidation sites excluding steroid dienone is 1. The highest BCUT2D eigenvalue weighted by atomic mass is 16.5. The van der Waals surface area contributed by atoms with Gasteiger partial charge in [0, 0.05) is 12.4 Å². The zero-order valence-corrected chi connectivity index (χ0v) is 6.78. The Bertz CT molecular complexity index is 293. The van der Waals surface area contributed by atoms with E-state index in [1.165, 1.54) is 6.20 Å². The number of nitrogens with zero attached hydrogens (tertiary/aromatic N) is 1. The van der Waals surface area contributed by atoms with Gasteiger partial charge in [0.2, 0.25) is 0 Å². The molecular formula is C9H9NO2. The maximum atomic E-state index is 11.1. The van der Waals surface area contributed by atoms with Crippen LogP contribution in [0.4, 0.5) is 0 Å². The molecule has 0 spiro atoms. The van der Waals surface area contributed by atoms with Gasteiger partial charge in [0.15, 0.2) is 0 Å². The Kier molecular flexibility index (Phi) is 2.58. The van der Waals surface area contributed by atoms with Gasteiger partial charge in [0.05, 0.1) is 11.3 Å². The predicted octanol–water partition coefficient (Wildman–Crippen LogP) is 1.77. The van der Waals surface area contributed by atoms with Crippen molar-refractivity contribution < 1.29 is 9.53 Å². The minimum absolute atomic E-state index is 0.379. The van der Waals surface area contributed by atoms with Crippen LogP contribution in [0, 0.1) is 0 Å². The van der Waals surface area contributed by atoms with Gasteiger partial charge in [-0.25, -0.2) is 4.79 Å². The van der Waals surface area contributed by atoms with Crippen LogP contribution in [0.25, 0.3) is 0 Å². The molecule has 0 aliphatic heterocycles. The Morgan fingerprint density at radius 3 is 2.92 bits per heavy atom. The summed E-state index contributed by atoms with van der Waals surface area (Å²) in [6.07, 6.45) is 3.04. The van der Waals surface area contributed by atoms with Crippen LogP contribution in [0.1, 0.15) is 17.3 Å². The Hall–Kier alpha value is -1.64. The number of hydrogen-bond donors (Lipinski definition) is 0. The third-order valence-electron chi connectivity index (χ3n) is 1.16. The van der Waals surface area contributed by atoms with Crippen LogP contribution in [0.15, 0.2) is 36.9 Å². The summed E-state index contributed by atoms with van der Waals surface area (Å²) < 4.78 is 4.76. The Morgan fingerprint density at radius 2 is 2.42 bits per heavy atom. The van der Waals surface area contributed by atoms with Gasteiger partial charge in [-0.3, -0.25) is 4.98 Å². The SMILES string of the molecule is C=C(C)OC(=O)c1cccnc1. The summed E-state index contributed by atoms with van der Waals surface area (Å²) >= 11 is 0. The summed E-state index contributed by atoms with van der Waals surface area (Å²) in [6, 6.07) is 3.31. The van der Waals surface area contributed by atoms with Crippen molar-refractivity contribution in [3.05, 3.63) is 42.4 Å². The molecule has 0 saturated carbocycles. The molecule has 0 aliphatic rings. The van der Waals surface area contributed by atoms with E-state index in [0.29, 0.717) is 11.3 Å². The van der Waals surface area contributed by atoms with E-state index in [2.05, 4.69) is 11.6 Å². The van der Waals surface area contributed by atoms with Crippen LogP contribution in [0.5, 0.6) is 0 Å². The normalized spacial score (nSPS) is 9.08. The number of aromatic nitrogens is 1. The minimum Gasteiger partial charge on any atom is -0.428 e. The number of ether oxygens (including phenoxy) is 1. The van der Waals surface area contributed by atoms with Gasteiger partial charge in [0.1, 0.15) is 0 Å². The van der Waals surface area contributed by atoms with Crippen LogP contribution < -0.4 is 0 Å². The number of carbonyl (C=O) groups excluding carboxylic acids is 1. The topological polar surface area (TPSA) is 39.2 Å². The molecule has 0 N–H and O–H groups in total. The molecule has 0 saturated heterocycles. The van der Waals surface area contributed by atoms with E-state index in [1.54, 1.807) is 25.3 Å². The molecule has 0 unspecified atom stereocenters. The first-order valence-corrected chi connectivity index (χ1v) is 3.48. The lowest BCUT2D eigenvalue weighted by atomic mass is 10.3. The summed E-state index contributed by atoms with van der Waals surface area (Å²) in [5.41, 5.74) is 0.431. The molecule has 0 radical (unpaired) electrons. The van der Waals surface area contributed by atoms with Crippen molar-refractivity contribution in [2.45, 2.75) is 6.92 Å². The fourth-order valence-electron chi connectivity index (χ4n) is 0.701. The number of hydrogen-bond acceptors (Lipinski definition) is 3. The van der Waals surface area contributed by atoms with Crippen LogP contribution in [0.2, 0.25) is 0 Å². The summed E-state index contributed by atoms with van der Waals surface area (Å²) in [5.74, 6) is -0.0422. The molecule has 0 fully saturated rings. The van der Waals surface area contributed by atoms with E-state index < -0.39 is 5.97 Å².